The summed E-state index contributed by atoms with van der Waals surface area (Å²) in [6.45, 7) is 1.41. The Morgan fingerprint density at radius 3 is 2.67 bits per heavy atom. The molecule has 1 aliphatic rings. The Kier molecular flexibility index (Phi) is 4.48. The number of rotatable bonds is 3. The lowest BCUT2D eigenvalue weighted by molar-refractivity contribution is -0.143. The molecule has 1 aromatic rings. The van der Waals surface area contributed by atoms with Gasteiger partial charge in [0.1, 0.15) is 11.9 Å². The fraction of sp³-hybridized carbons (Fsp3) is 0.417. The zero-order valence-corrected chi connectivity index (χ0v) is 11.2. The summed E-state index contributed by atoms with van der Waals surface area (Å²) in [6, 6.07) is 3.07. The molecule has 1 atom stereocenters. The first-order valence-electron chi connectivity index (χ1n) is 5.59. The second-order valence-corrected chi connectivity index (χ2v) is 5.69. The number of nitrogens with zero attached hydrogens (tertiary/aromatic N) is 1. The average molecular weight is 290 g/mol. The molecule has 6 heteroatoms. The summed E-state index contributed by atoms with van der Waals surface area (Å²) >= 11 is 7.75. The van der Waals surface area contributed by atoms with Gasteiger partial charge in [0.05, 0.1) is 0 Å². The van der Waals surface area contributed by atoms with Gasteiger partial charge in [-0.25, -0.2) is 4.39 Å². The van der Waals surface area contributed by atoms with Crippen molar-refractivity contribution in [2.75, 3.05) is 24.6 Å². The summed E-state index contributed by atoms with van der Waals surface area (Å²) in [7, 11) is 0. The van der Waals surface area contributed by atoms with E-state index in [0.717, 1.165) is 17.6 Å². The van der Waals surface area contributed by atoms with Crippen molar-refractivity contribution in [1.29, 1.82) is 0 Å². The largest absolute Gasteiger partial charge is 0.480 e. The molecule has 1 aliphatic heterocycles. The van der Waals surface area contributed by atoms with E-state index in [4.69, 9.17) is 11.6 Å². The van der Waals surface area contributed by atoms with Crippen LogP contribution in [-0.2, 0) is 4.79 Å². The van der Waals surface area contributed by atoms with Crippen LogP contribution in [-0.4, -0.2) is 40.6 Å². The van der Waals surface area contributed by atoms with Gasteiger partial charge in [0, 0.05) is 29.6 Å². The highest BCUT2D eigenvalue weighted by Crippen LogP contribution is 2.30. The maximum Gasteiger partial charge on any atom is 0.325 e. The lowest BCUT2D eigenvalue weighted by atomic mass is 10.0. The molecule has 1 fully saturated rings. The molecule has 0 aliphatic carbocycles. The smallest absolute Gasteiger partial charge is 0.325 e. The number of thioether (sulfide) groups is 1. The Morgan fingerprint density at radius 2 is 2.11 bits per heavy atom. The molecule has 1 saturated heterocycles. The summed E-state index contributed by atoms with van der Waals surface area (Å²) in [5.41, 5.74) is 0.456. The predicted molar refractivity (Wildman–Crippen MR) is 70.7 cm³/mol. The quantitative estimate of drug-likeness (QED) is 0.929. The minimum atomic E-state index is -0.949. The molecule has 0 bridgehead atoms. The van der Waals surface area contributed by atoms with Gasteiger partial charge in [-0.3, -0.25) is 9.69 Å². The molecular weight excluding hydrogens is 277 g/mol. The van der Waals surface area contributed by atoms with Gasteiger partial charge in [0.25, 0.3) is 0 Å². The molecule has 1 heterocycles. The number of hydrogen-bond acceptors (Lipinski definition) is 3. The standard InChI is InChI=1S/C12H13ClFNO2S/c13-10-7-8(14)1-2-9(10)11(12(16)17)15-3-5-18-6-4-15/h1-2,7,11H,3-6H2,(H,16,17)/t11-/m0/s1. The van der Waals surface area contributed by atoms with Gasteiger partial charge in [0.15, 0.2) is 0 Å². The van der Waals surface area contributed by atoms with Gasteiger partial charge < -0.3 is 5.11 Å². The van der Waals surface area contributed by atoms with Gasteiger partial charge in [-0.05, 0) is 17.7 Å². The molecule has 0 saturated carbocycles. The van der Waals surface area contributed by atoms with Crippen LogP contribution in [0.1, 0.15) is 11.6 Å². The van der Waals surface area contributed by atoms with Crippen LogP contribution in [0.3, 0.4) is 0 Å². The summed E-state index contributed by atoms with van der Waals surface area (Å²) in [5, 5.41) is 9.54. The summed E-state index contributed by atoms with van der Waals surface area (Å²) in [6.07, 6.45) is 0. The van der Waals surface area contributed by atoms with Gasteiger partial charge >= 0.3 is 5.97 Å². The zero-order valence-electron chi connectivity index (χ0n) is 9.60. The molecule has 0 amide bonds. The number of hydrogen-bond donors (Lipinski definition) is 1. The SMILES string of the molecule is O=C(O)[C@H](c1ccc(F)cc1Cl)N1CCSCC1. The van der Waals surface area contributed by atoms with Crippen LogP contribution >= 0.6 is 23.4 Å². The highest BCUT2D eigenvalue weighted by molar-refractivity contribution is 7.99. The van der Waals surface area contributed by atoms with Crippen molar-refractivity contribution in [1.82, 2.24) is 4.90 Å². The number of aliphatic carboxylic acids is 1. The Bertz CT molecular complexity index is 452. The van der Waals surface area contributed by atoms with Crippen molar-refractivity contribution in [2.24, 2.45) is 0 Å². The number of carbonyl (C=O) groups is 1. The van der Waals surface area contributed by atoms with E-state index in [0.29, 0.717) is 18.7 Å². The highest BCUT2D eigenvalue weighted by atomic mass is 35.5. The number of halogens is 2. The first-order valence-corrected chi connectivity index (χ1v) is 7.12. The highest BCUT2D eigenvalue weighted by Gasteiger charge is 2.30. The molecule has 1 aromatic carbocycles. The molecule has 1 N–H and O–H groups in total. The van der Waals surface area contributed by atoms with E-state index in [2.05, 4.69) is 0 Å². The van der Waals surface area contributed by atoms with Crippen molar-refractivity contribution < 1.29 is 14.3 Å². The van der Waals surface area contributed by atoms with Crippen molar-refractivity contribution in [3.05, 3.63) is 34.6 Å². The van der Waals surface area contributed by atoms with E-state index in [1.165, 1.54) is 12.1 Å². The molecule has 0 spiro atoms. The molecule has 3 nitrogen and oxygen atoms in total. The molecular formula is C12H13ClFNO2S. The first-order chi connectivity index (χ1) is 8.59. The second kappa shape index (κ2) is 5.91. The Morgan fingerprint density at radius 1 is 1.44 bits per heavy atom. The van der Waals surface area contributed by atoms with Crippen LogP contribution in [0.15, 0.2) is 18.2 Å². The number of carboxylic acid groups (broad SMARTS) is 1. The van der Waals surface area contributed by atoms with Crippen molar-refractivity contribution in [2.45, 2.75) is 6.04 Å². The normalized spacial score (nSPS) is 18.6. The number of benzene rings is 1. The van der Waals surface area contributed by atoms with Crippen molar-refractivity contribution in [3.8, 4) is 0 Å². The van der Waals surface area contributed by atoms with E-state index in [1.54, 1.807) is 11.8 Å². The molecule has 98 valence electrons. The molecule has 2 rings (SSSR count). The second-order valence-electron chi connectivity index (χ2n) is 4.05. The van der Waals surface area contributed by atoms with Crippen LogP contribution in [0.5, 0.6) is 0 Å². The van der Waals surface area contributed by atoms with Crippen LogP contribution in [0.25, 0.3) is 0 Å². The van der Waals surface area contributed by atoms with Crippen molar-refractivity contribution in [3.63, 3.8) is 0 Å². The maximum atomic E-state index is 13.0. The van der Waals surface area contributed by atoms with Crippen LogP contribution < -0.4 is 0 Å². The van der Waals surface area contributed by atoms with Gasteiger partial charge in [0.2, 0.25) is 0 Å². The van der Waals surface area contributed by atoms with Gasteiger partial charge in [-0.1, -0.05) is 17.7 Å². The molecule has 18 heavy (non-hydrogen) atoms. The lowest BCUT2D eigenvalue weighted by Gasteiger charge is -2.32. The third-order valence-corrected chi connectivity index (χ3v) is 4.17. The van der Waals surface area contributed by atoms with E-state index in [9.17, 15) is 14.3 Å². The van der Waals surface area contributed by atoms with Gasteiger partial charge in [-0.2, -0.15) is 11.8 Å². The maximum absolute atomic E-state index is 13.0. The van der Waals surface area contributed by atoms with E-state index < -0.39 is 17.8 Å². The summed E-state index contributed by atoms with van der Waals surface area (Å²) in [5.74, 6) is 0.406. The average Bonchev–Trinajstić information content (AvgIpc) is 2.33. The minimum absolute atomic E-state index is 0.167. The van der Waals surface area contributed by atoms with E-state index in [-0.39, 0.29) is 5.02 Å². The van der Waals surface area contributed by atoms with E-state index >= 15 is 0 Å². The topological polar surface area (TPSA) is 40.5 Å². The van der Waals surface area contributed by atoms with Crippen molar-refractivity contribution >= 4 is 29.3 Å². The molecule has 0 unspecified atom stereocenters. The monoisotopic (exact) mass is 289 g/mol. The molecule has 0 radical (unpaired) electrons. The summed E-state index contributed by atoms with van der Waals surface area (Å²) in [4.78, 5) is 13.3. The zero-order chi connectivity index (χ0) is 13.1. The van der Waals surface area contributed by atoms with Crippen LogP contribution in [0.2, 0.25) is 5.02 Å². The number of carboxylic acids is 1. The first kappa shape index (κ1) is 13.6. The van der Waals surface area contributed by atoms with E-state index in [1.807, 2.05) is 4.90 Å². The Labute approximate surface area is 114 Å². The van der Waals surface area contributed by atoms with Crippen LogP contribution in [0.4, 0.5) is 4.39 Å². The third kappa shape index (κ3) is 2.96. The van der Waals surface area contributed by atoms with Gasteiger partial charge in [-0.15, -0.1) is 0 Å². The fourth-order valence-corrected chi connectivity index (χ4v) is 3.25. The van der Waals surface area contributed by atoms with Crippen LogP contribution in [0, 0.1) is 5.82 Å². The Balaban J connectivity index is 2.31. The lowest BCUT2D eigenvalue weighted by Crippen LogP contribution is -2.39. The Hall–Kier alpha value is -0.780. The summed E-state index contributed by atoms with van der Waals surface area (Å²) < 4.78 is 13.0. The fourth-order valence-electron chi connectivity index (χ4n) is 2.04. The molecule has 0 aromatic heterocycles. The predicted octanol–water partition coefficient (Wildman–Crippen LogP) is 2.65. The third-order valence-electron chi connectivity index (χ3n) is 2.90. The minimum Gasteiger partial charge on any atom is -0.480 e.